The van der Waals surface area contributed by atoms with Gasteiger partial charge in [-0.25, -0.2) is 13.6 Å². The van der Waals surface area contributed by atoms with Gasteiger partial charge in [0, 0.05) is 23.2 Å². The van der Waals surface area contributed by atoms with Crippen LogP contribution in [0.1, 0.15) is 23.1 Å². The number of benzene rings is 2. The Morgan fingerprint density at radius 3 is 2.48 bits per heavy atom. The molecule has 29 heavy (non-hydrogen) atoms. The average Bonchev–Trinajstić information content (AvgIpc) is 2.97. The first-order valence-electron chi connectivity index (χ1n) is 7.98. The van der Waals surface area contributed by atoms with Crippen LogP contribution in [-0.2, 0) is 19.8 Å². The third-order valence-corrected chi connectivity index (χ3v) is 4.23. The number of aromatic nitrogens is 4. The van der Waals surface area contributed by atoms with E-state index in [2.05, 4.69) is 10.4 Å². The molecular weight excluding hydrogens is 423 g/mol. The fraction of sp³-hybridized carbons (Fsp3) is 0.235. The SMILES string of the molecule is Cn1nnn(-c2cccc(C(F)F)c2COc2cc(Cl)ccc2C(F)(F)F)c1=O. The summed E-state index contributed by atoms with van der Waals surface area (Å²) in [7, 11) is 1.31. The normalized spacial score (nSPS) is 11.9. The molecule has 0 atom stereocenters. The Balaban J connectivity index is 2.07. The Morgan fingerprint density at radius 1 is 1.17 bits per heavy atom. The summed E-state index contributed by atoms with van der Waals surface area (Å²) < 4.78 is 73.5. The van der Waals surface area contributed by atoms with Crippen molar-refractivity contribution in [3.05, 3.63) is 68.6 Å². The van der Waals surface area contributed by atoms with Crippen molar-refractivity contribution in [2.75, 3.05) is 0 Å². The molecule has 1 aromatic heterocycles. The van der Waals surface area contributed by atoms with Crippen LogP contribution in [0.2, 0.25) is 5.02 Å². The molecule has 6 nitrogen and oxygen atoms in total. The number of hydrogen-bond donors (Lipinski definition) is 0. The number of nitrogens with zero attached hydrogens (tertiary/aromatic N) is 4. The molecule has 0 aliphatic carbocycles. The van der Waals surface area contributed by atoms with Crippen LogP contribution in [-0.4, -0.2) is 19.8 Å². The molecular formula is C17H12ClF5N4O2. The number of ether oxygens (including phenoxy) is 1. The zero-order chi connectivity index (χ0) is 21.3. The van der Waals surface area contributed by atoms with E-state index >= 15 is 0 Å². The second-order valence-electron chi connectivity index (χ2n) is 5.87. The molecule has 0 spiro atoms. The highest BCUT2D eigenvalue weighted by Gasteiger charge is 2.34. The van der Waals surface area contributed by atoms with Crippen molar-refractivity contribution in [1.82, 2.24) is 19.8 Å². The van der Waals surface area contributed by atoms with Crippen LogP contribution in [0.25, 0.3) is 5.69 Å². The Kier molecular flexibility index (Phi) is 5.60. The summed E-state index contributed by atoms with van der Waals surface area (Å²) in [5, 5.41) is 7.07. The third kappa shape index (κ3) is 4.24. The highest BCUT2D eigenvalue weighted by atomic mass is 35.5. The minimum absolute atomic E-state index is 0.0273. The minimum atomic E-state index is -4.74. The largest absolute Gasteiger partial charge is 0.488 e. The van der Waals surface area contributed by atoms with E-state index in [0.717, 1.165) is 33.6 Å². The van der Waals surface area contributed by atoms with Gasteiger partial charge in [-0.15, -0.1) is 0 Å². The van der Waals surface area contributed by atoms with Gasteiger partial charge < -0.3 is 4.74 Å². The molecule has 0 saturated carbocycles. The molecule has 2 aromatic carbocycles. The lowest BCUT2D eigenvalue weighted by atomic mass is 10.1. The summed E-state index contributed by atoms with van der Waals surface area (Å²) in [4.78, 5) is 12.1. The molecule has 0 fully saturated rings. The van der Waals surface area contributed by atoms with E-state index in [4.69, 9.17) is 16.3 Å². The first kappa shape index (κ1) is 20.8. The monoisotopic (exact) mass is 434 g/mol. The maximum atomic E-state index is 13.5. The Labute approximate surface area is 165 Å². The van der Waals surface area contributed by atoms with E-state index in [9.17, 15) is 26.7 Å². The molecule has 0 bridgehead atoms. The fourth-order valence-corrected chi connectivity index (χ4v) is 2.78. The lowest BCUT2D eigenvalue weighted by Crippen LogP contribution is -2.23. The third-order valence-electron chi connectivity index (χ3n) is 3.99. The van der Waals surface area contributed by atoms with Gasteiger partial charge in [-0.2, -0.15) is 22.5 Å². The number of rotatable bonds is 5. The number of alkyl halides is 5. The Morgan fingerprint density at radius 2 is 1.90 bits per heavy atom. The van der Waals surface area contributed by atoms with Crippen LogP contribution < -0.4 is 10.4 Å². The second-order valence-corrected chi connectivity index (χ2v) is 6.31. The lowest BCUT2D eigenvalue weighted by molar-refractivity contribution is -0.139. The van der Waals surface area contributed by atoms with Crippen LogP contribution in [0.15, 0.2) is 41.2 Å². The van der Waals surface area contributed by atoms with Crippen LogP contribution in [0.5, 0.6) is 5.75 Å². The first-order chi connectivity index (χ1) is 13.6. The molecule has 3 rings (SSSR count). The van der Waals surface area contributed by atoms with Gasteiger partial charge in [0.05, 0.1) is 11.3 Å². The Bertz CT molecular complexity index is 1090. The van der Waals surface area contributed by atoms with Gasteiger partial charge in [0.15, 0.2) is 0 Å². The predicted octanol–water partition coefficient (Wildman–Crippen LogP) is 4.15. The molecule has 0 N–H and O–H groups in total. The van der Waals surface area contributed by atoms with E-state index in [-0.39, 0.29) is 16.3 Å². The van der Waals surface area contributed by atoms with Crippen molar-refractivity contribution in [2.45, 2.75) is 19.2 Å². The second kappa shape index (κ2) is 7.82. The lowest BCUT2D eigenvalue weighted by Gasteiger charge is -2.17. The van der Waals surface area contributed by atoms with Gasteiger partial charge in [-0.3, -0.25) is 0 Å². The summed E-state index contributed by atoms with van der Waals surface area (Å²) in [6.07, 6.45) is -7.71. The predicted molar refractivity (Wildman–Crippen MR) is 92.3 cm³/mol. The summed E-state index contributed by atoms with van der Waals surface area (Å²) in [6.45, 7) is -0.692. The number of aryl methyl sites for hydroxylation is 1. The summed E-state index contributed by atoms with van der Waals surface area (Å²) in [6, 6.07) is 6.35. The van der Waals surface area contributed by atoms with E-state index in [0.29, 0.717) is 0 Å². The van der Waals surface area contributed by atoms with Crippen molar-refractivity contribution in [3.8, 4) is 11.4 Å². The van der Waals surface area contributed by atoms with Crippen molar-refractivity contribution in [2.24, 2.45) is 7.05 Å². The number of tetrazole rings is 1. The van der Waals surface area contributed by atoms with E-state index in [1.54, 1.807) is 0 Å². The van der Waals surface area contributed by atoms with Crippen LogP contribution >= 0.6 is 11.6 Å². The number of halogens is 6. The maximum Gasteiger partial charge on any atom is 0.419 e. The molecule has 1 heterocycles. The van der Waals surface area contributed by atoms with Crippen molar-refractivity contribution < 1.29 is 26.7 Å². The molecule has 12 heteroatoms. The van der Waals surface area contributed by atoms with Gasteiger partial charge in [-0.1, -0.05) is 23.7 Å². The van der Waals surface area contributed by atoms with Crippen molar-refractivity contribution in [3.63, 3.8) is 0 Å². The zero-order valence-electron chi connectivity index (χ0n) is 14.6. The maximum absolute atomic E-state index is 13.5. The van der Waals surface area contributed by atoms with Crippen LogP contribution in [0, 0.1) is 0 Å². The molecule has 0 unspecified atom stereocenters. The standard InChI is InChI=1S/C17H12ClF5N4O2/c1-26-16(28)27(25-24-26)13-4-2-3-10(15(19)20)11(13)8-29-14-7-9(18)5-6-12(14)17(21,22)23/h2-7,15H,8H2,1H3. The highest BCUT2D eigenvalue weighted by molar-refractivity contribution is 6.30. The highest BCUT2D eigenvalue weighted by Crippen LogP contribution is 2.38. The van der Waals surface area contributed by atoms with Crippen molar-refractivity contribution in [1.29, 1.82) is 0 Å². The quantitative estimate of drug-likeness (QED) is 0.566. The van der Waals surface area contributed by atoms with Gasteiger partial charge in [-0.05, 0) is 34.7 Å². The summed E-state index contributed by atoms with van der Waals surface area (Å²) >= 11 is 5.75. The van der Waals surface area contributed by atoms with Crippen LogP contribution in [0.4, 0.5) is 22.0 Å². The summed E-state index contributed by atoms with van der Waals surface area (Å²) in [5.74, 6) is -0.633. The van der Waals surface area contributed by atoms with E-state index in [1.165, 1.54) is 19.2 Å². The van der Waals surface area contributed by atoms with Gasteiger partial charge in [0.2, 0.25) is 0 Å². The van der Waals surface area contributed by atoms with E-state index in [1.807, 2.05) is 0 Å². The van der Waals surface area contributed by atoms with E-state index < -0.39 is 41.8 Å². The topological polar surface area (TPSA) is 61.9 Å². The first-order valence-corrected chi connectivity index (χ1v) is 8.36. The van der Waals surface area contributed by atoms with Gasteiger partial charge >= 0.3 is 11.9 Å². The molecule has 0 radical (unpaired) electrons. The van der Waals surface area contributed by atoms with Gasteiger partial charge in [0.25, 0.3) is 6.43 Å². The molecule has 3 aromatic rings. The minimum Gasteiger partial charge on any atom is -0.488 e. The molecule has 154 valence electrons. The number of hydrogen-bond acceptors (Lipinski definition) is 4. The molecule has 0 aliphatic heterocycles. The average molecular weight is 435 g/mol. The molecule has 0 amide bonds. The molecule has 0 saturated heterocycles. The Hall–Kier alpha value is -2.95. The smallest absolute Gasteiger partial charge is 0.419 e. The van der Waals surface area contributed by atoms with Crippen LogP contribution in [0.3, 0.4) is 0 Å². The summed E-state index contributed by atoms with van der Waals surface area (Å²) in [5.41, 5.74) is -2.66. The van der Waals surface area contributed by atoms with Gasteiger partial charge in [0.1, 0.15) is 12.4 Å². The zero-order valence-corrected chi connectivity index (χ0v) is 15.4. The van der Waals surface area contributed by atoms with Crippen molar-refractivity contribution >= 4 is 11.6 Å². The molecule has 0 aliphatic rings. The fourth-order valence-electron chi connectivity index (χ4n) is 2.62.